The van der Waals surface area contributed by atoms with Crippen molar-refractivity contribution in [2.45, 2.75) is 70.6 Å². The first-order chi connectivity index (χ1) is 17.2. The first-order valence-corrected chi connectivity index (χ1v) is 12.7. The molecule has 0 aliphatic carbocycles. The third-order valence-electron chi connectivity index (χ3n) is 7.07. The zero-order chi connectivity index (χ0) is 25.4. The van der Waals surface area contributed by atoms with Gasteiger partial charge < -0.3 is 19.3 Å². The maximum absolute atomic E-state index is 13.1. The second-order valence-electron chi connectivity index (χ2n) is 10.8. The second-order valence-corrected chi connectivity index (χ2v) is 10.8. The Morgan fingerprint density at radius 3 is 2.72 bits per heavy atom. The van der Waals surface area contributed by atoms with Crippen molar-refractivity contribution in [2.75, 3.05) is 18.1 Å². The Hall–Kier alpha value is -3.55. The summed E-state index contributed by atoms with van der Waals surface area (Å²) in [6.45, 7) is 8.53. The lowest BCUT2D eigenvalue weighted by Crippen LogP contribution is -2.55. The Bertz CT molecular complexity index is 1170. The maximum atomic E-state index is 13.1. The first kappa shape index (κ1) is 24.2. The van der Waals surface area contributed by atoms with Gasteiger partial charge in [-0.25, -0.2) is 10.2 Å². The maximum Gasteiger partial charge on any atom is 0.410 e. The number of nitrogens with one attached hydrogen (secondary N) is 1. The minimum absolute atomic E-state index is 0.0186. The number of carbonyl (C=O) groups is 2. The molecule has 1 saturated heterocycles. The van der Waals surface area contributed by atoms with Crippen LogP contribution < -0.4 is 15.1 Å². The molecule has 36 heavy (non-hydrogen) atoms. The minimum Gasteiger partial charge on any atom is -0.483 e. The van der Waals surface area contributed by atoms with E-state index < -0.39 is 5.60 Å². The fourth-order valence-electron chi connectivity index (χ4n) is 5.29. The molecule has 0 radical (unpaired) electrons. The van der Waals surface area contributed by atoms with Crippen molar-refractivity contribution in [3.63, 3.8) is 0 Å². The molecular formula is C28H34N4O4. The van der Waals surface area contributed by atoms with Gasteiger partial charge in [0, 0.05) is 12.6 Å². The van der Waals surface area contributed by atoms with Gasteiger partial charge >= 0.3 is 6.09 Å². The largest absolute Gasteiger partial charge is 0.483 e. The quantitative estimate of drug-likeness (QED) is 0.688. The zero-order valence-corrected chi connectivity index (χ0v) is 21.4. The number of carbonyl (C=O) groups excluding carboxylic acids is 2. The number of hydrogen-bond donors (Lipinski definition) is 1. The van der Waals surface area contributed by atoms with E-state index in [4.69, 9.17) is 9.47 Å². The Labute approximate surface area is 212 Å². The van der Waals surface area contributed by atoms with Gasteiger partial charge in [-0.3, -0.25) is 4.79 Å². The summed E-state index contributed by atoms with van der Waals surface area (Å²) in [6, 6.07) is 16.2. The second kappa shape index (κ2) is 9.48. The molecule has 0 unspecified atom stereocenters. The van der Waals surface area contributed by atoms with Gasteiger partial charge in [-0.1, -0.05) is 36.4 Å². The van der Waals surface area contributed by atoms with Gasteiger partial charge in [0.15, 0.2) is 5.84 Å². The van der Waals surface area contributed by atoms with Gasteiger partial charge in [-0.05, 0) is 76.1 Å². The van der Waals surface area contributed by atoms with Gasteiger partial charge in [0.05, 0.1) is 5.69 Å². The Kier molecular flexibility index (Phi) is 6.36. The molecule has 3 atom stereocenters. The number of ether oxygens (including phenoxy) is 2. The number of hydrogen-bond acceptors (Lipinski definition) is 6. The molecule has 3 heterocycles. The molecule has 3 aliphatic heterocycles. The lowest BCUT2D eigenvalue weighted by Gasteiger charge is -2.41. The van der Waals surface area contributed by atoms with Gasteiger partial charge in [0.1, 0.15) is 24.0 Å². The van der Waals surface area contributed by atoms with Crippen molar-refractivity contribution in [1.29, 1.82) is 0 Å². The highest BCUT2D eigenvalue weighted by Gasteiger charge is 2.38. The third kappa shape index (κ3) is 4.90. The Morgan fingerprint density at radius 2 is 1.97 bits per heavy atom. The van der Waals surface area contributed by atoms with E-state index >= 15 is 0 Å². The van der Waals surface area contributed by atoms with Crippen LogP contribution in [-0.2, 0) is 16.0 Å². The van der Waals surface area contributed by atoms with E-state index in [1.54, 1.807) is 0 Å². The average Bonchev–Trinajstić information content (AvgIpc) is 2.85. The number of anilines is 1. The summed E-state index contributed by atoms with van der Waals surface area (Å²) >= 11 is 0. The van der Waals surface area contributed by atoms with Crippen LogP contribution in [0.5, 0.6) is 5.75 Å². The minimum atomic E-state index is -0.541. The van der Waals surface area contributed by atoms with E-state index in [-0.39, 0.29) is 30.0 Å². The summed E-state index contributed by atoms with van der Waals surface area (Å²) < 4.78 is 11.7. The summed E-state index contributed by atoms with van der Waals surface area (Å²) in [6.07, 6.45) is 2.17. The van der Waals surface area contributed by atoms with E-state index in [1.807, 2.05) is 61.8 Å². The third-order valence-corrected chi connectivity index (χ3v) is 7.07. The average molecular weight is 491 g/mol. The molecule has 5 rings (SSSR count). The molecule has 190 valence electrons. The number of rotatable bonds is 3. The number of piperidine rings is 1. The van der Waals surface area contributed by atoms with Crippen LogP contribution in [0.4, 0.5) is 10.5 Å². The van der Waals surface area contributed by atoms with Crippen LogP contribution in [0.2, 0.25) is 0 Å². The highest BCUT2D eigenvalue weighted by atomic mass is 16.6. The number of likely N-dealkylation sites (tertiary alicyclic amines) is 1. The molecule has 0 aromatic heterocycles. The highest BCUT2D eigenvalue weighted by molar-refractivity contribution is 6.09. The normalized spacial score (nSPS) is 23.6. The number of amidine groups is 1. The van der Waals surface area contributed by atoms with Crippen LogP contribution in [0.1, 0.15) is 57.6 Å². The van der Waals surface area contributed by atoms with E-state index in [0.29, 0.717) is 19.0 Å². The molecule has 0 spiro atoms. The topological polar surface area (TPSA) is 83.5 Å². The van der Waals surface area contributed by atoms with Crippen molar-refractivity contribution in [2.24, 2.45) is 5.10 Å². The van der Waals surface area contributed by atoms with Crippen molar-refractivity contribution < 1.29 is 19.1 Å². The lowest BCUT2D eigenvalue weighted by atomic mass is 9.83. The molecule has 0 bridgehead atoms. The van der Waals surface area contributed by atoms with Gasteiger partial charge in [0.2, 0.25) is 0 Å². The Morgan fingerprint density at radius 1 is 1.19 bits per heavy atom. The number of benzene rings is 2. The number of amides is 2. The zero-order valence-electron chi connectivity index (χ0n) is 21.4. The van der Waals surface area contributed by atoms with Crippen LogP contribution in [-0.4, -0.2) is 53.6 Å². The molecule has 1 fully saturated rings. The predicted octanol–water partition coefficient (Wildman–Crippen LogP) is 4.44. The smallest absolute Gasteiger partial charge is 0.410 e. The lowest BCUT2D eigenvalue weighted by molar-refractivity contribution is -0.122. The van der Waals surface area contributed by atoms with Crippen LogP contribution in [0, 0.1) is 0 Å². The molecule has 1 N–H and O–H groups in total. The SMILES string of the molecule is C[C@@H]1C(=O)NN=C2COc3ccc([C@H]4CCN(C(=O)OC(C)(C)C)[C@H](Cc5ccccc5)C4)cc3N21. The fourth-order valence-corrected chi connectivity index (χ4v) is 5.29. The molecule has 2 aromatic carbocycles. The number of nitrogens with zero attached hydrogens (tertiary/aromatic N) is 3. The Balaban J connectivity index is 1.42. The number of fused-ring (bicyclic) bond motifs is 3. The molecular weight excluding hydrogens is 456 g/mol. The molecule has 3 aliphatic rings. The summed E-state index contributed by atoms with van der Waals surface area (Å²) in [5, 5.41) is 4.20. The van der Waals surface area contributed by atoms with Gasteiger partial charge in [-0.2, -0.15) is 5.10 Å². The molecule has 2 aromatic rings. The summed E-state index contributed by atoms with van der Waals surface area (Å²) in [4.78, 5) is 29.3. The summed E-state index contributed by atoms with van der Waals surface area (Å²) in [5.41, 5.74) is 5.28. The van der Waals surface area contributed by atoms with Crippen molar-refractivity contribution in [3.8, 4) is 5.75 Å². The highest BCUT2D eigenvalue weighted by Crippen LogP contribution is 2.40. The van der Waals surface area contributed by atoms with E-state index in [2.05, 4.69) is 34.8 Å². The van der Waals surface area contributed by atoms with Gasteiger partial charge in [-0.15, -0.1) is 0 Å². The van der Waals surface area contributed by atoms with Crippen molar-refractivity contribution >= 4 is 23.5 Å². The van der Waals surface area contributed by atoms with Crippen LogP contribution in [0.25, 0.3) is 0 Å². The molecule has 8 nitrogen and oxygen atoms in total. The molecule has 2 amide bonds. The van der Waals surface area contributed by atoms with E-state index in [0.717, 1.165) is 30.7 Å². The van der Waals surface area contributed by atoms with E-state index in [1.165, 1.54) is 11.1 Å². The van der Waals surface area contributed by atoms with Crippen LogP contribution >= 0.6 is 0 Å². The van der Waals surface area contributed by atoms with Crippen LogP contribution in [0.15, 0.2) is 53.6 Å². The summed E-state index contributed by atoms with van der Waals surface area (Å²) in [7, 11) is 0. The van der Waals surface area contributed by atoms with E-state index in [9.17, 15) is 9.59 Å². The number of hydrazone groups is 1. The van der Waals surface area contributed by atoms with Gasteiger partial charge in [0.25, 0.3) is 5.91 Å². The standard InChI is InChI=1S/C28H34N4O4/c1-18-26(33)30-29-25-17-35-24-11-10-20(16-23(24)32(18)25)21-12-13-31(27(34)36-28(2,3)4)22(15-21)14-19-8-6-5-7-9-19/h5-11,16,18,21-22H,12-15,17H2,1-4H3,(H,30,33)/t18-,21+,22-/m1/s1. The van der Waals surface area contributed by atoms with Crippen molar-refractivity contribution in [1.82, 2.24) is 10.3 Å². The van der Waals surface area contributed by atoms with Crippen LogP contribution in [0.3, 0.4) is 0 Å². The molecule has 8 heteroatoms. The van der Waals surface area contributed by atoms with Crippen molar-refractivity contribution in [3.05, 3.63) is 59.7 Å². The first-order valence-electron chi connectivity index (χ1n) is 12.7. The summed E-state index contributed by atoms with van der Waals surface area (Å²) in [5.74, 6) is 1.59. The predicted molar refractivity (Wildman–Crippen MR) is 138 cm³/mol. The molecule has 0 saturated carbocycles. The fraction of sp³-hybridized carbons (Fsp3) is 0.464. The monoisotopic (exact) mass is 490 g/mol.